The minimum atomic E-state index is -0.407. The third kappa shape index (κ3) is 2.01. The molecular weight excluding hydrogens is 213 g/mol. The molecule has 0 aliphatic carbocycles. The molecule has 2 aromatic rings. The summed E-state index contributed by atoms with van der Waals surface area (Å²) in [5, 5.41) is 12.7. The topological polar surface area (TPSA) is 70.9 Å². The van der Waals surface area contributed by atoms with Gasteiger partial charge in [0.2, 0.25) is 0 Å². The highest BCUT2D eigenvalue weighted by molar-refractivity contribution is 5.30. The minimum Gasteiger partial charge on any atom is -0.396 e. The fraction of sp³-hybridized carbons (Fsp3) is 0.200. The zero-order valence-corrected chi connectivity index (χ0v) is 8.35. The number of aliphatic hydroxyl groups is 1. The van der Waals surface area contributed by atoms with Crippen molar-refractivity contribution in [2.24, 2.45) is 0 Å². The standard InChI is InChI=1S/C10H10FN3O2/c11-7-1-3-8(4-2-7)14-10(16)12-9(13-14)5-6-15/h1-4,15H,5-6H2,(H,12,13,16). The molecule has 0 aliphatic rings. The van der Waals surface area contributed by atoms with E-state index in [4.69, 9.17) is 5.11 Å². The highest BCUT2D eigenvalue weighted by Gasteiger charge is 2.06. The summed E-state index contributed by atoms with van der Waals surface area (Å²) in [5.74, 6) is 0.0275. The molecule has 5 nitrogen and oxygen atoms in total. The number of hydrogen-bond donors (Lipinski definition) is 2. The molecule has 84 valence electrons. The molecule has 0 bridgehead atoms. The van der Waals surface area contributed by atoms with Gasteiger partial charge in [-0.05, 0) is 24.3 Å². The average Bonchev–Trinajstić information content (AvgIpc) is 2.61. The number of nitrogens with zero attached hydrogens (tertiary/aromatic N) is 2. The van der Waals surface area contributed by atoms with Crippen LogP contribution in [0.4, 0.5) is 4.39 Å². The summed E-state index contributed by atoms with van der Waals surface area (Å²) in [5.41, 5.74) is 0.0712. The van der Waals surface area contributed by atoms with E-state index in [-0.39, 0.29) is 18.8 Å². The van der Waals surface area contributed by atoms with Crippen LogP contribution in [0.2, 0.25) is 0 Å². The number of aromatic nitrogens is 3. The molecule has 1 aromatic heterocycles. The summed E-state index contributed by atoms with van der Waals surface area (Å²) in [7, 11) is 0. The molecular formula is C10H10FN3O2. The second-order valence-electron chi connectivity index (χ2n) is 3.24. The zero-order valence-electron chi connectivity index (χ0n) is 8.35. The molecule has 0 amide bonds. The van der Waals surface area contributed by atoms with Crippen molar-refractivity contribution in [2.75, 3.05) is 6.61 Å². The van der Waals surface area contributed by atoms with Crippen LogP contribution in [0.5, 0.6) is 0 Å². The SMILES string of the molecule is O=c1[nH]c(CCO)nn1-c1ccc(F)cc1. The Labute approximate surface area is 90.2 Å². The first-order valence-electron chi connectivity index (χ1n) is 4.76. The Morgan fingerprint density at radius 2 is 2.06 bits per heavy atom. The second-order valence-corrected chi connectivity index (χ2v) is 3.24. The van der Waals surface area contributed by atoms with Gasteiger partial charge in [-0.15, -0.1) is 0 Å². The average molecular weight is 223 g/mol. The van der Waals surface area contributed by atoms with E-state index >= 15 is 0 Å². The van der Waals surface area contributed by atoms with Gasteiger partial charge in [0.25, 0.3) is 0 Å². The Kier molecular flexibility index (Phi) is 2.82. The maximum absolute atomic E-state index is 12.7. The first kappa shape index (κ1) is 10.6. The fourth-order valence-corrected chi connectivity index (χ4v) is 1.34. The van der Waals surface area contributed by atoms with Gasteiger partial charge in [-0.25, -0.2) is 9.18 Å². The maximum atomic E-state index is 12.7. The summed E-state index contributed by atoms with van der Waals surface area (Å²) in [6.07, 6.45) is 0.281. The summed E-state index contributed by atoms with van der Waals surface area (Å²) in [6, 6.07) is 5.42. The third-order valence-corrected chi connectivity index (χ3v) is 2.08. The van der Waals surface area contributed by atoms with Crippen molar-refractivity contribution in [3.8, 4) is 5.69 Å². The quantitative estimate of drug-likeness (QED) is 0.782. The van der Waals surface area contributed by atoms with Gasteiger partial charge in [0.1, 0.15) is 11.6 Å². The van der Waals surface area contributed by atoms with E-state index in [1.165, 1.54) is 24.3 Å². The van der Waals surface area contributed by atoms with E-state index in [0.29, 0.717) is 11.5 Å². The number of aromatic amines is 1. The largest absolute Gasteiger partial charge is 0.396 e. The second kappa shape index (κ2) is 4.28. The zero-order chi connectivity index (χ0) is 11.5. The van der Waals surface area contributed by atoms with Crippen LogP contribution in [0, 0.1) is 5.82 Å². The van der Waals surface area contributed by atoms with Gasteiger partial charge in [-0.1, -0.05) is 0 Å². The van der Waals surface area contributed by atoms with Crippen molar-refractivity contribution in [3.05, 3.63) is 46.4 Å². The molecule has 16 heavy (non-hydrogen) atoms. The fourth-order valence-electron chi connectivity index (χ4n) is 1.34. The highest BCUT2D eigenvalue weighted by Crippen LogP contribution is 2.05. The van der Waals surface area contributed by atoms with Crippen molar-refractivity contribution >= 4 is 0 Å². The third-order valence-electron chi connectivity index (χ3n) is 2.08. The molecule has 1 aromatic carbocycles. The van der Waals surface area contributed by atoms with Crippen molar-refractivity contribution < 1.29 is 9.50 Å². The highest BCUT2D eigenvalue weighted by atomic mass is 19.1. The smallest absolute Gasteiger partial charge is 0.348 e. The Morgan fingerprint density at radius 1 is 1.38 bits per heavy atom. The van der Waals surface area contributed by atoms with Gasteiger partial charge >= 0.3 is 5.69 Å². The number of rotatable bonds is 3. The number of aliphatic hydroxyl groups excluding tert-OH is 1. The van der Waals surface area contributed by atoms with Crippen LogP contribution < -0.4 is 5.69 Å². The van der Waals surface area contributed by atoms with Crippen molar-refractivity contribution in [3.63, 3.8) is 0 Å². The monoisotopic (exact) mass is 223 g/mol. The van der Waals surface area contributed by atoms with Gasteiger partial charge in [0.05, 0.1) is 12.3 Å². The number of hydrogen-bond acceptors (Lipinski definition) is 3. The molecule has 2 N–H and O–H groups in total. The van der Waals surface area contributed by atoms with Crippen molar-refractivity contribution in [2.45, 2.75) is 6.42 Å². The Morgan fingerprint density at radius 3 is 2.69 bits per heavy atom. The molecule has 6 heteroatoms. The maximum Gasteiger partial charge on any atom is 0.348 e. The summed E-state index contributed by atoms with van der Waals surface area (Å²) in [6.45, 7) is -0.0869. The number of nitrogens with one attached hydrogen (secondary N) is 1. The molecule has 1 heterocycles. The van der Waals surface area contributed by atoms with Gasteiger partial charge in [0, 0.05) is 6.42 Å². The molecule has 0 fully saturated rings. The van der Waals surface area contributed by atoms with Gasteiger partial charge < -0.3 is 5.11 Å². The van der Waals surface area contributed by atoms with Crippen molar-refractivity contribution in [1.29, 1.82) is 0 Å². The molecule has 0 aliphatic heterocycles. The van der Waals surface area contributed by atoms with Gasteiger partial charge in [0.15, 0.2) is 0 Å². The van der Waals surface area contributed by atoms with E-state index in [9.17, 15) is 9.18 Å². The van der Waals surface area contributed by atoms with Crippen LogP contribution in [0.25, 0.3) is 5.69 Å². The van der Waals surface area contributed by atoms with Crippen LogP contribution in [0.15, 0.2) is 29.1 Å². The predicted molar refractivity (Wildman–Crippen MR) is 54.9 cm³/mol. The minimum absolute atomic E-state index is 0.0869. The number of H-pyrrole nitrogens is 1. The van der Waals surface area contributed by atoms with E-state index in [1.54, 1.807) is 0 Å². The number of halogens is 1. The summed E-state index contributed by atoms with van der Waals surface area (Å²) < 4.78 is 13.8. The van der Waals surface area contributed by atoms with Crippen molar-refractivity contribution in [1.82, 2.24) is 14.8 Å². The Bertz CT molecular complexity index is 530. The van der Waals surface area contributed by atoms with Crippen LogP contribution >= 0.6 is 0 Å². The van der Waals surface area contributed by atoms with E-state index in [0.717, 1.165) is 4.68 Å². The predicted octanol–water partition coefficient (Wildman–Crippen LogP) is 0.234. The molecule has 0 saturated carbocycles. The lowest BCUT2D eigenvalue weighted by molar-refractivity contribution is 0.296. The van der Waals surface area contributed by atoms with Crippen LogP contribution in [0.1, 0.15) is 5.82 Å². The first-order chi connectivity index (χ1) is 7.70. The first-order valence-corrected chi connectivity index (χ1v) is 4.76. The number of benzene rings is 1. The lowest BCUT2D eigenvalue weighted by atomic mass is 10.3. The lowest BCUT2D eigenvalue weighted by Crippen LogP contribution is -2.15. The molecule has 0 saturated heterocycles. The van der Waals surface area contributed by atoms with Crippen LogP contribution in [-0.4, -0.2) is 26.5 Å². The van der Waals surface area contributed by atoms with E-state index in [2.05, 4.69) is 10.1 Å². The lowest BCUT2D eigenvalue weighted by Gasteiger charge is -1.97. The molecule has 2 rings (SSSR count). The van der Waals surface area contributed by atoms with Gasteiger partial charge in [-0.2, -0.15) is 9.78 Å². The normalized spacial score (nSPS) is 10.6. The van der Waals surface area contributed by atoms with Crippen LogP contribution in [0.3, 0.4) is 0 Å². The summed E-state index contributed by atoms with van der Waals surface area (Å²) >= 11 is 0. The molecule has 0 spiro atoms. The molecule has 0 radical (unpaired) electrons. The van der Waals surface area contributed by atoms with Gasteiger partial charge in [-0.3, -0.25) is 4.98 Å². The van der Waals surface area contributed by atoms with E-state index < -0.39 is 5.69 Å². The van der Waals surface area contributed by atoms with Crippen LogP contribution in [-0.2, 0) is 6.42 Å². The Hall–Kier alpha value is -1.95. The Balaban J connectivity index is 2.40. The summed E-state index contributed by atoms with van der Waals surface area (Å²) in [4.78, 5) is 14.0. The molecule has 0 atom stereocenters. The van der Waals surface area contributed by atoms with E-state index in [1.807, 2.05) is 0 Å². The molecule has 0 unspecified atom stereocenters.